The van der Waals surface area contributed by atoms with Crippen molar-refractivity contribution < 1.29 is 33.5 Å². The van der Waals surface area contributed by atoms with Crippen molar-refractivity contribution in [1.82, 2.24) is 9.97 Å². The summed E-state index contributed by atoms with van der Waals surface area (Å²) in [5.41, 5.74) is 4.51. The summed E-state index contributed by atoms with van der Waals surface area (Å²) in [6.45, 7) is 0.00953. The lowest BCUT2D eigenvalue weighted by Gasteiger charge is -2.05. The van der Waals surface area contributed by atoms with E-state index in [4.69, 9.17) is 19.6 Å². The number of carboxylic acid groups (broad SMARTS) is 1. The molecule has 10 nitrogen and oxygen atoms in total. The van der Waals surface area contributed by atoms with Crippen molar-refractivity contribution in [2.24, 2.45) is 0 Å². The van der Waals surface area contributed by atoms with Crippen LogP contribution in [0.4, 0.5) is 10.1 Å². The zero-order valence-corrected chi connectivity index (χ0v) is 24.3. The highest BCUT2D eigenvalue weighted by molar-refractivity contribution is 5.88. The van der Waals surface area contributed by atoms with Crippen LogP contribution in [-0.2, 0) is 20.9 Å². The van der Waals surface area contributed by atoms with E-state index in [1.165, 1.54) is 49.6 Å². The van der Waals surface area contributed by atoms with E-state index in [-0.39, 0.29) is 35.2 Å². The summed E-state index contributed by atoms with van der Waals surface area (Å²) in [5, 5.41) is 20.9. The van der Waals surface area contributed by atoms with Crippen LogP contribution in [-0.4, -0.2) is 39.0 Å². The number of rotatable bonds is 11. The molecular formula is C35H26FN3O7. The molecule has 11 heteroatoms. The van der Waals surface area contributed by atoms with Crippen LogP contribution in [0.2, 0.25) is 0 Å². The van der Waals surface area contributed by atoms with E-state index >= 15 is 0 Å². The lowest BCUT2D eigenvalue weighted by atomic mass is 10.0. The minimum absolute atomic E-state index is 0.00953. The maximum absolute atomic E-state index is 13.1. The maximum atomic E-state index is 13.1. The molecule has 46 heavy (non-hydrogen) atoms. The highest BCUT2D eigenvalue weighted by atomic mass is 19.1. The summed E-state index contributed by atoms with van der Waals surface area (Å²) in [7, 11) is 1.35. The van der Waals surface area contributed by atoms with Crippen LogP contribution < -0.4 is 4.74 Å². The summed E-state index contributed by atoms with van der Waals surface area (Å²) in [4.78, 5) is 42.6. The number of nitrogens with zero attached hydrogens (tertiary/aromatic N) is 2. The van der Waals surface area contributed by atoms with E-state index < -0.39 is 16.9 Å². The molecule has 0 aliphatic heterocycles. The lowest BCUT2D eigenvalue weighted by molar-refractivity contribution is -0.385. The average molecular weight is 620 g/mol. The molecule has 0 unspecified atom stereocenters. The van der Waals surface area contributed by atoms with E-state index in [0.29, 0.717) is 39.2 Å². The molecule has 4 aromatic carbocycles. The van der Waals surface area contributed by atoms with Gasteiger partial charge in [-0.3, -0.25) is 10.1 Å². The average Bonchev–Trinajstić information content (AvgIpc) is 3.51. The van der Waals surface area contributed by atoms with Crippen LogP contribution in [0.25, 0.3) is 46.1 Å². The topological polar surface area (TPSA) is 145 Å². The fraction of sp³-hybridized carbons (Fsp3) is 0.0571. The number of aliphatic carboxylic acids is 1. The van der Waals surface area contributed by atoms with Crippen LogP contribution in [0.1, 0.15) is 16.7 Å². The molecule has 0 fully saturated rings. The molecule has 1 heterocycles. The standard InChI is InChI=1S/C35H26FN3O7/c1-45-29-4-2-3-28(34(29)39(43)44)35-37-32(25-13-5-22(6-14-25)11-19-30(40)41)33(38-35)26-15-7-23(8-16-26)12-20-31(42)46-21-24-9-17-27(36)18-10-24/h2-20H,21H2,1H3,(H,37,38)(H,40,41). The second kappa shape index (κ2) is 14.0. The number of aromatic amines is 1. The largest absolute Gasteiger partial charge is 0.490 e. The molecule has 0 amide bonds. The number of ether oxygens (including phenoxy) is 2. The van der Waals surface area contributed by atoms with Crippen molar-refractivity contribution in [1.29, 1.82) is 0 Å². The zero-order chi connectivity index (χ0) is 32.6. The normalized spacial score (nSPS) is 11.2. The lowest BCUT2D eigenvalue weighted by Crippen LogP contribution is -2.00. The van der Waals surface area contributed by atoms with Gasteiger partial charge >= 0.3 is 17.6 Å². The van der Waals surface area contributed by atoms with E-state index in [1.807, 2.05) is 12.1 Å². The Morgan fingerprint density at radius 3 is 2.15 bits per heavy atom. The first-order valence-corrected chi connectivity index (χ1v) is 13.8. The van der Waals surface area contributed by atoms with Crippen LogP contribution in [0.15, 0.2) is 103 Å². The predicted molar refractivity (Wildman–Crippen MR) is 170 cm³/mol. The fourth-order valence-electron chi connectivity index (χ4n) is 4.61. The van der Waals surface area contributed by atoms with Gasteiger partial charge in [0, 0.05) is 23.3 Å². The Morgan fingerprint density at radius 1 is 0.913 bits per heavy atom. The number of para-hydroxylation sites is 1. The molecule has 0 radical (unpaired) electrons. The van der Waals surface area contributed by atoms with Gasteiger partial charge in [-0.2, -0.15) is 0 Å². The molecular weight excluding hydrogens is 593 g/mol. The van der Waals surface area contributed by atoms with Gasteiger partial charge in [0.1, 0.15) is 18.2 Å². The van der Waals surface area contributed by atoms with E-state index in [1.54, 1.807) is 54.6 Å². The van der Waals surface area contributed by atoms with Crippen LogP contribution >= 0.6 is 0 Å². The van der Waals surface area contributed by atoms with Gasteiger partial charge in [-0.25, -0.2) is 19.0 Å². The third kappa shape index (κ3) is 7.40. The molecule has 2 N–H and O–H groups in total. The number of hydrogen-bond donors (Lipinski definition) is 2. The first-order chi connectivity index (χ1) is 22.2. The molecule has 0 saturated heterocycles. The van der Waals surface area contributed by atoms with E-state index in [2.05, 4.69) is 4.98 Å². The quantitative estimate of drug-likeness (QED) is 0.0677. The number of methoxy groups -OCH3 is 1. The molecule has 1 aromatic heterocycles. The Hall–Kier alpha value is -6.36. The van der Waals surface area contributed by atoms with Gasteiger partial charge in [0.15, 0.2) is 5.75 Å². The number of benzene rings is 4. The van der Waals surface area contributed by atoms with Crippen molar-refractivity contribution in [2.45, 2.75) is 6.61 Å². The molecule has 0 aliphatic carbocycles. The summed E-state index contributed by atoms with van der Waals surface area (Å²) in [6.07, 6.45) is 5.39. The van der Waals surface area contributed by atoms with Crippen molar-refractivity contribution in [3.63, 3.8) is 0 Å². The first kappa shape index (κ1) is 31.1. The molecule has 230 valence electrons. The number of carbonyl (C=O) groups excluding carboxylic acids is 1. The molecule has 5 rings (SSSR count). The second-order valence-electron chi connectivity index (χ2n) is 9.91. The molecule has 0 spiro atoms. The van der Waals surface area contributed by atoms with Gasteiger partial charge in [0.2, 0.25) is 0 Å². The smallest absolute Gasteiger partial charge is 0.331 e. The van der Waals surface area contributed by atoms with Crippen molar-refractivity contribution in [3.05, 3.63) is 136 Å². The number of carbonyl (C=O) groups is 2. The number of aromatic nitrogens is 2. The Balaban J connectivity index is 1.45. The number of imidazole rings is 1. The Labute approximate surface area is 262 Å². The van der Waals surface area contributed by atoms with Crippen molar-refractivity contribution >= 4 is 29.8 Å². The summed E-state index contributed by atoms with van der Waals surface area (Å²) in [6, 6.07) is 24.6. The monoisotopic (exact) mass is 619 g/mol. The Kier molecular flexibility index (Phi) is 9.43. The van der Waals surface area contributed by atoms with Crippen LogP contribution in [0.5, 0.6) is 5.75 Å². The number of halogens is 1. The van der Waals surface area contributed by atoms with Gasteiger partial charge in [-0.05, 0) is 53.1 Å². The van der Waals surface area contributed by atoms with Gasteiger partial charge in [-0.1, -0.05) is 66.7 Å². The van der Waals surface area contributed by atoms with Crippen LogP contribution in [0.3, 0.4) is 0 Å². The summed E-state index contributed by atoms with van der Waals surface area (Å²) < 4.78 is 23.5. The van der Waals surface area contributed by atoms with Gasteiger partial charge in [-0.15, -0.1) is 0 Å². The Morgan fingerprint density at radius 2 is 1.54 bits per heavy atom. The molecule has 0 atom stereocenters. The third-order valence-corrected chi connectivity index (χ3v) is 6.87. The number of H-pyrrole nitrogens is 1. The zero-order valence-electron chi connectivity index (χ0n) is 24.3. The van der Waals surface area contributed by atoms with Gasteiger partial charge in [0.25, 0.3) is 0 Å². The molecule has 0 aliphatic rings. The highest BCUT2D eigenvalue weighted by Crippen LogP contribution is 2.40. The summed E-state index contributed by atoms with van der Waals surface area (Å²) >= 11 is 0. The first-order valence-electron chi connectivity index (χ1n) is 13.8. The van der Waals surface area contributed by atoms with E-state index in [9.17, 15) is 24.1 Å². The third-order valence-electron chi connectivity index (χ3n) is 6.87. The number of nitrogens with one attached hydrogen (secondary N) is 1. The number of hydrogen-bond acceptors (Lipinski definition) is 7. The number of nitro groups is 1. The van der Waals surface area contributed by atoms with Crippen LogP contribution in [0, 0.1) is 15.9 Å². The van der Waals surface area contributed by atoms with Crippen molar-refractivity contribution in [2.75, 3.05) is 7.11 Å². The second-order valence-corrected chi connectivity index (χ2v) is 9.91. The SMILES string of the molecule is COc1cccc(-c2nc(-c3ccc(C=CC(=O)O)cc3)c(-c3ccc(C=CC(=O)OCc4ccc(F)cc4)cc3)[nH]2)c1[N+](=O)[O-]. The minimum Gasteiger partial charge on any atom is -0.490 e. The Bertz CT molecular complexity index is 1950. The maximum Gasteiger partial charge on any atom is 0.331 e. The fourth-order valence-corrected chi connectivity index (χ4v) is 4.61. The summed E-state index contributed by atoms with van der Waals surface area (Å²) in [5.74, 6) is -1.66. The van der Waals surface area contributed by atoms with E-state index in [0.717, 1.165) is 6.08 Å². The number of esters is 1. The predicted octanol–water partition coefficient (Wildman–Crippen LogP) is 7.32. The van der Waals surface area contributed by atoms with Gasteiger partial charge < -0.3 is 19.6 Å². The molecule has 0 bridgehead atoms. The van der Waals surface area contributed by atoms with Gasteiger partial charge in [0.05, 0.1) is 29.0 Å². The minimum atomic E-state index is -1.07. The highest BCUT2D eigenvalue weighted by Gasteiger charge is 2.25. The number of carboxylic acids is 1. The molecule has 5 aromatic rings. The number of nitro benzene ring substituents is 1. The van der Waals surface area contributed by atoms with Crippen molar-refractivity contribution in [3.8, 4) is 39.7 Å². The molecule has 0 saturated carbocycles.